The number of carbonyl (C=O) groups is 1. The molecule has 1 fully saturated rings. The number of aromatic nitrogens is 2. The van der Waals surface area contributed by atoms with Crippen molar-refractivity contribution in [1.29, 1.82) is 0 Å². The number of nitrogens with zero attached hydrogens (tertiary/aromatic N) is 5. The van der Waals surface area contributed by atoms with Crippen LogP contribution in [-0.2, 0) is 19.1 Å². The molecule has 2 rings (SSSR count). The number of halogens is 3. The van der Waals surface area contributed by atoms with Crippen molar-refractivity contribution in [3.05, 3.63) is 22.2 Å². The zero-order valence-electron chi connectivity index (χ0n) is 24.1. The van der Waals surface area contributed by atoms with E-state index in [4.69, 9.17) is 14.3 Å². The summed E-state index contributed by atoms with van der Waals surface area (Å²) >= 11 is 0. The summed E-state index contributed by atoms with van der Waals surface area (Å²) in [5.74, 6) is 4.04. The number of aliphatic hydroxyl groups is 1. The molecule has 0 aromatic carbocycles. The molecule has 1 aliphatic heterocycles. The van der Waals surface area contributed by atoms with Crippen LogP contribution in [0.2, 0.25) is 0 Å². The van der Waals surface area contributed by atoms with E-state index in [9.17, 15) is 27.9 Å². The van der Waals surface area contributed by atoms with E-state index in [1.54, 1.807) is 46.7 Å². The molecule has 17 heteroatoms. The summed E-state index contributed by atoms with van der Waals surface area (Å²) in [4.78, 5) is 39.3. The molecular weight excluding hydrogens is 601 g/mol. The van der Waals surface area contributed by atoms with Gasteiger partial charge in [-0.3, -0.25) is 9.36 Å². The lowest BCUT2D eigenvalue weighted by molar-refractivity contribution is -0.173. The summed E-state index contributed by atoms with van der Waals surface area (Å²) in [6.07, 6.45) is -3.78. The molecule has 0 bridgehead atoms. The molecule has 2 heterocycles. The quantitative estimate of drug-likeness (QED) is 0.0632. The Morgan fingerprint density at radius 2 is 2.10 bits per heavy atom. The second kappa shape index (κ2) is 16.2. The van der Waals surface area contributed by atoms with Crippen LogP contribution in [-0.4, -0.2) is 100 Å². The van der Waals surface area contributed by atoms with Crippen LogP contribution < -0.4 is 11.0 Å². The summed E-state index contributed by atoms with van der Waals surface area (Å²) < 4.78 is 49.1. The molecule has 0 aliphatic carbocycles. The molecule has 12 nitrogen and oxygen atoms in total. The summed E-state index contributed by atoms with van der Waals surface area (Å²) in [5, 5.41) is 15.5. The highest BCUT2D eigenvalue weighted by molar-refractivity contribution is 8.77. The molecule has 0 radical (unpaired) electrons. The minimum absolute atomic E-state index is 0.00552. The van der Waals surface area contributed by atoms with Crippen molar-refractivity contribution < 1.29 is 37.4 Å². The van der Waals surface area contributed by atoms with Crippen molar-refractivity contribution in [1.82, 2.24) is 19.8 Å². The maximum Gasteiger partial charge on any atom is 0.471 e. The van der Waals surface area contributed by atoms with Gasteiger partial charge >= 0.3 is 17.8 Å². The summed E-state index contributed by atoms with van der Waals surface area (Å²) in [5.41, 5.74) is 0.394. The highest BCUT2D eigenvalue weighted by atomic mass is 33.1. The summed E-state index contributed by atoms with van der Waals surface area (Å²) in [6.45, 7) is 6.42. The maximum atomic E-state index is 12.9. The number of oxime groups is 1. The number of alkyl halides is 3. The lowest BCUT2D eigenvalue weighted by atomic mass is 10.2. The van der Waals surface area contributed by atoms with E-state index >= 15 is 0 Å². The molecule has 1 aromatic heterocycles. The Bertz CT molecular complexity index is 1240. The third-order valence-corrected chi connectivity index (χ3v) is 8.10. The predicted octanol–water partition coefficient (Wildman–Crippen LogP) is 2.69. The fourth-order valence-corrected chi connectivity index (χ4v) is 5.34. The number of hydrogen-bond donors (Lipinski definition) is 2. The van der Waals surface area contributed by atoms with Crippen LogP contribution in [0.1, 0.15) is 45.9 Å². The zero-order valence-corrected chi connectivity index (χ0v) is 25.7. The minimum Gasteiger partial charge on any atom is -0.394 e. The van der Waals surface area contributed by atoms with Gasteiger partial charge in [-0.1, -0.05) is 38.6 Å². The summed E-state index contributed by atoms with van der Waals surface area (Å²) in [6, 6.07) is 0. The van der Waals surface area contributed by atoms with Gasteiger partial charge in [0.05, 0.1) is 24.2 Å². The van der Waals surface area contributed by atoms with Gasteiger partial charge in [-0.05, 0) is 27.7 Å². The number of amides is 1. The van der Waals surface area contributed by atoms with E-state index in [1.807, 2.05) is 5.32 Å². The fourth-order valence-electron chi connectivity index (χ4n) is 3.21. The predicted molar refractivity (Wildman–Crippen MR) is 156 cm³/mol. The summed E-state index contributed by atoms with van der Waals surface area (Å²) in [7, 11) is 6.03. The third-order valence-electron chi connectivity index (χ3n) is 5.13. The Balaban J connectivity index is 2.06. The zero-order chi connectivity index (χ0) is 31.5. The smallest absolute Gasteiger partial charge is 0.394 e. The van der Waals surface area contributed by atoms with Crippen LogP contribution in [0.3, 0.4) is 0 Å². The van der Waals surface area contributed by atoms with Crippen molar-refractivity contribution >= 4 is 45.4 Å². The molecule has 1 aromatic rings. The van der Waals surface area contributed by atoms with Crippen LogP contribution in [0.4, 0.5) is 19.0 Å². The highest BCUT2D eigenvalue weighted by Crippen LogP contribution is 2.35. The average molecular weight is 637 g/mol. The molecule has 234 valence electrons. The monoisotopic (exact) mass is 636 g/mol. The molecule has 1 aliphatic rings. The van der Waals surface area contributed by atoms with Gasteiger partial charge in [0.2, 0.25) is 0 Å². The molecule has 0 saturated carbocycles. The number of hydrogen-bond acceptors (Lipinski definition) is 11. The van der Waals surface area contributed by atoms with E-state index in [0.29, 0.717) is 11.3 Å². The minimum atomic E-state index is -4.93. The Morgan fingerprint density at radius 1 is 1.38 bits per heavy atom. The number of aliphatic imine (C=N–C) groups is 1. The molecule has 1 amide bonds. The van der Waals surface area contributed by atoms with Crippen molar-refractivity contribution in [2.45, 2.75) is 63.5 Å². The largest absolute Gasteiger partial charge is 0.471 e. The van der Waals surface area contributed by atoms with Crippen LogP contribution >= 0.6 is 21.6 Å². The van der Waals surface area contributed by atoms with Gasteiger partial charge in [0.15, 0.2) is 11.9 Å². The van der Waals surface area contributed by atoms with Gasteiger partial charge in [-0.25, -0.2) is 9.79 Å². The number of ether oxygens (including phenoxy) is 2. The van der Waals surface area contributed by atoms with Crippen molar-refractivity contribution in [2.75, 3.05) is 39.8 Å². The lowest BCUT2D eigenvalue weighted by Gasteiger charge is -2.23. The second-order valence-electron chi connectivity index (χ2n) is 10.0. The molecule has 3 atom stereocenters. The van der Waals surface area contributed by atoms with Gasteiger partial charge in [0.25, 0.3) is 0 Å². The third kappa shape index (κ3) is 11.8. The Labute approximate surface area is 249 Å². The van der Waals surface area contributed by atoms with Crippen molar-refractivity contribution in [3.63, 3.8) is 0 Å². The number of rotatable bonds is 13. The van der Waals surface area contributed by atoms with Gasteiger partial charge in [-0.2, -0.15) is 18.2 Å². The van der Waals surface area contributed by atoms with Gasteiger partial charge < -0.3 is 29.6 Å². The second-order valence-corrected chi connectivity index (χ2v) is 13.0. The maximum absolute atomic E-state index is 12.9. The van der Waals surface area contributed by atoms with Crippen LogP contribution in [0, 0.1) is 11.8 Å². The van der Waals surface area contributed by atoms with E-state index in [0.717, 1.165) is 0 Å². The number of carbonyl (C=O) groups excluding carboxylic acids is 1. The average Bonchev–Trinajstić information content (AvgIpc) is 3.31. The Hall–Kier alpha value is -2.78. The first-order chi connectivity index (χ1) is 19.6. The SMILES string of the molecule is CC(C)=NOC1C[C@H](n2cc(C#CCOCSSC(C)(C)CNC(=O)C(F)(F)F)c(N=CN(C)C)nc2=O)O[C@@H]1CO. The van der Waals surface area contributed by atoms with Crippen LogP contribution in [0.5, 0.6) is 0 Å². The van der Waals surface area contributed by atoms with Crippen molar-refractivity contribution in [2.24, 2.45) is 10.1 Å². The molecule has 1 unspecified atom stereocenters. The van der Waals surface area contributed by atoms with Gasteiger partial charge in [0.1, 0.15) is 24.9 Å². The number of nitrogens with one attached hydrogen (secondary N) is 1. The van der Waals surface area contributed by atoms with Crippen molar-refractivity contribution in [3.8, 4) is 11.8 Å². The standard InChI is InChI=1S/C25H35F3N6O6S2/c1-16(2)32-40-18-10-20(39-19(18)12-35)34-11-17(21(31-23(34)37)30-14-33(5)6)8-7-9-38-15-41-42-24(3,4)13-29-22(36)25(26,27)28/h11,14,18-20,35H,9-10,12-13,15H2,1-6H3,(H,29,36)/t18?,19-,20-/m1/s1. The first-order valence-electron chi connectivity index (χ1n) is 12.6. The molecule has 0 spiro atoms. The van der Waals surface area contributed by atoms with Gasteiger partial charge in [-0.15, -0.1) is 0 Å². The van der Waals surface area contributed by atoms with E-state index in [-0.39, 0.29) is 37.9 Å². The molecule has 42 heavy (non-hydrogen) atoms. The van der Waals surface area contributed by atoms with E-state index < -0.39 is 41.0 Å². The van der Waals surface area contributed by atoms with Gasteiger partial charge in [0, 0.05) is 38.0 Å². The Morgan fingerprint density at radius 3 is 2.71 bits per heavy atom. The number of aliphatic hydroxyl groups excluding tert-OH is 1. The van der Waals surface area contributed by atoms with E-state index in [1.165, 1.54) is 38.7 Å². The molecular formula is C25H35F3N6O6S2. The Kier molecular flexibility index (Phi) is 13.6. The highest BCUT2D eigenvalue weighted by Gasteiger charge is 2.40. The first-order valence-corrected chi connectivity index (χ1v) is 14.9. The van der Waals surface area contributed by atoms with E-state index in [2.05, 4.69) is 27.0 Å². The molecule has 1 saturated heterocycles. The van der Waals surface area contributed by atoms with Crippen LogP contribution in [0.15, 0.2) is 21.1 Å². The molecule has 2 N–H and O–H groups in total. The van der Waals surface area contributed by atoms with Crippen LogP contribution in [0.25, 0.3) is 0 Å². The first kappa shape index (κ1) is 35.4. The topological polar surface area (TPSA) is 140 Å². The fraction of sp³-hybridized carbons (Fsp3) is 0.640. The lowest BCUT2D eigenvalue weighted by Crippen LogP contribution is -2.42. The normalized spacial score (nSPS) is 18.9.